The molecule has 2 nitrogen and oxygen atoms in total. The quantitative estimate of drug-likeness (QED) is 0.135. The second-order valence-electron chi connectivity index (χ2n) is 19.2. The molecule has 0 aliphatic rings. The number of benzene rings is 12. The van der Waals surface area contributed by atoms with Crippen LogP contribution in [0.25, 0.3) is 75.8 Å². The molecular weight excluding hydrogens is 875 g/mol. The second kappa shape index (κ2) is 16.7. The zero-order chi connectivity index (χ0) is 46.9. The van der Waals surface area contributed by atoms with Crippen LogP contribution in [0.2, 0.25) is 0 Å². The van der Waals surface area contributed by atoms with Gasteiger partial charge in [0.2, 0.25) is 0 Å². The van der Waals surface area contributed by atoms with Crippen LogP contribution in [0, 0.1) is 0 Å². The summed E-state index contributed by atoms with van der Waals surface area (Å²) in [7, 11) is -7.55. The summed E-state index contributed by atoms with van der Waals surface area (Å²) in [5.41, 5.74) is 2.96. The van der Waals surface area contributed by atoms with Crippen molar-refractivity contribution in [2.75, 3.05) is 0 Å². The molecule has 1 unspecified atom stereocenters. The number of rotatable bonds is 9. The maximum Gasteiger partial charge on any atom is 0.171 e. The van der Waals surface area contributed by atoms with Gasteiger partial charge in [-0.15, -0.1) is 0 Å². The second-order valence-corrected chi connectivity index (χ2v) is 24.6. The third-order valence-corrected chi connectivity index (χ3v) is 21.0. The monoisotopic (exact) mass is 924 g/mol. The van der Waals surface area contributed by atoms with E-state index >= 15 is 9.13 Å². The Bertz CT molecular complexity index is 4040. The standard InChI is InChI=1S/C65H50O2P2/c1-4-65(2,3)54-32-25-53-43-58(36-29-52(53)39-54)69(67,57-35-28-46-17-7-10-22-51(46)42-57)62-38-31-48-19-12-14-24-60(48)64(62)63-59-23-13-11-18-47(59)30-37-61(63)68(66,55-33-26-44-15-5-8-20-49(44)40-55)56-34-27-45-16-6-9-21-50(45)41-56/h5-43H,4H2,1-3H3. The van der Waals surface area contributed by atoms with Gasteiger partial charge in [-0.1, -0.05) is 221 Å². The molecule has 0 heterocycles. The molecule has 12 aromatic carbocycles. The number of hydrogen-bond donors (Lipinski definition) is 0. The summed E-state index contributed by atoms with van der Waals surface area (Å²) in [6.45, 7) is 6.81. The molecule has 1 atom stereocenters. The van der Waals surface area contributed by atoms with Crippen LogP contribution in [0.1, 0.15) is 32.8 Å². The Balaban J connectivity index is 1.22. The SMILES string of the molecule is CCC(C)(C)c1ccc2cc(P(=O)(c3ccc4ccccc4c3)c3ccc4ccccc4c3-c3c(P(=O)(c4ccc5ccccc5c4)c4ccc5ccccc5c4)ccc4ccccc34)ccc2c1. The van der Waals surface area contributed by atoms with Crippen molar-refractivity contribution >= 4 is 111 Å². The maximum absolute atomic E-state index is 17.7. The largest absolute Gasteiger partial charge is 0.309 e. The molecule has 12 aromatic rings. The van der Waals surface area contributed by atoms with Crippen molar-refractivity contribution in [2.24, 2.45) is 0 Å². The van der Waals surface area contributed by atoms with Crippen molar-refractivity contribution in [2.45, 2.75) is 32.6 Å². The molecule has 0 fully saturated rings. The Morgan fingerprint density at radius 2 is 0.609 bits per heavy atom. The fourth-order valence-electron chi connectivity index (χ4n) is 10.6. The summed E-state index contributed by atoms with van der Waals surface area (Å²) in [6, 6.07) is 82.1. The van der Waals surface area contributed by atoms with Gasteiger partial charge in [-0.2, -0.15) is 0 Å². The lowest BCUT2D eigenvalue weighted by Gasteiger charge is -2.29. The van der Waals surface area contributed by atoms with Gasteiger partial charge in [-0.25, -0.2) is 0 Å². The molecule has 0 radical (unpaired) electrons. The summed E-state index contributed by atoms with van der Waals surface area (Å²) in [6.07, 6.45) is 1.02. The molecule has 332 valence electrons. The van der Waals surface area contributed by atoms with E-state index in [0.29, 0.717) is 10.6 Å². The normalized spacial score (nSPS) is 13.1. The van der Waals surface area contributed by atoms with Gasteiger partial charge in [0.15, 0.2) is 14.3 Å². The molecule has 0 aliphatic heterocycles. The van der Waals surface area contributed by atoms with Gasteiger partial charge in [0, 0.05) is 43.0 Å². The molecule has 12 rings (SSSR count). The van der Waals surface area contributed by atoms with Gasteiger partial charge in [-0.05, 0) is 118 Å². The first-order valence-corrected chi connectivity index (χ1v) is 27.3. The molecular formula is C65H50O2P2. The molecule has 0 saturated heterocycles. The highest BCUT2D eigenvalue weighted by molar-refractivity contribution is 7.86. The van der Waals surface area contributed by atoms with Crippen LogP contribution >= 0.6 is 14.3 Å². The van der Waals surface area contributed by atoms with Gasteiger partial charge < -0.3 is 9.13 Å². The summed E-state index contributed by atoms with van der Waals surface area (Å²) in [5.74, 6) is 0. The van der Waals surface area contributed by atoms with Crippen LogP contribution in [-0.4, -0.2) is 0 Å². The Morgan fingerprint density at radius 1 is 0.319 bits per heavy atom. The van der Waals surface area contributed by atoms with Gasteiger partial charge >= 0.3 is 0 Å². The first kappa shape index (κ1) is 43.0. The Kier molecular flexibility index (Phi) is 10.4. The zero-order valence-electron chi connectivity index (χ0n) is 38.9. The van der Waals surface area contributed by atoms with Crippen molar-refractivity contribution in [1.29, 1.82) is 0 Å². The lowest BCUT2D eigenvalue weighted by molar-refractivity contribution is 0.507. The van der Waals surface area contributed by atoms with Gasteiger partial charge in [0.05, 0.1) is 0 Å². The van der Waals surface area contributed by atoms with Crippen LogP contribution in [0.15, 0.2) is 237 Å². The van der Waals surface area contributed by atoms with Crippen molar-refractivity contribution in [3.63, 3.8) is 0 Å². The van der Waals surface area contributed by atoms with E-state index in [2.05, 4.69) is 221 Å². The average molecular weight is 925 g/mol. The van der Waals surface area contributed by atoms with Crippen molar-refractivity contribution < 1.29 is 9.13 Å². The van der Waals surface area contributed by atoms with Crippen molar-refractivity contribution in [1.82, 2.24) is 0 Å². The minimum Gasteiger partial charge on any atom is -0.309 e. The number of hydrogen-bond acceptors (Lipinski definition) is 2. The summed E-state index contributed by atoms with van der Waals surface area (Å²) >= 11 is 0. The molecule has 69 heavy (non-hydrogen) atoms. The molecule has 0 N–H and O–H groups in total. The van der Waals surface area contributed by atoms with Crippen LogP contribution in [0.4, 0.5) is 0 Å². The lowest BCUT2D eigenvalue weighted by atomic mass is 9.81. The highest BCUT2D eigenvalue weighted by Gasteiger charge is 2.39. The topological polar surface area (TPSA) is 34.1 Å². The Morgan fingerprint density at radius 3 is 1.00 bits per heavy atom. The molecule has 0 aromatic heterocycles. The van der Waals surface area contributed by atoms with Crippen LogP contribution < -0.4 is 31.8 Å². The summed E-state index contributed by atoms with van der Waals surface area (Å²) in [5, 5.41) is 16.8. The van der Waals surface area contributed by atoms with E-state index in [1.165, 1.54) is 5.56 Å². The molecule has 0 spiro atoms. The van der Waals surface area contributed by atoms with Crippen molar-refractivity contribution in [3.8, 4) is 11.1 Å². The van der Waals surface area contributed by atoms with E-state index in [4.69, 9.17) is 0 Å². The maximum atomic E-state index is 17.7. The van der Waals surface area contributed by atoms with E-state index in [1.54, 1.807) is 0 Å². The smallest absolute Gasteiger partial charge is 0.171 e. The van der Waals surface area contributed by atoms with Crippen LogP contribution in [-0.2, 0) is 14.5 Å². The predicted molar refractivity (Wildman–Crippen MR) is 299 cm³/mol. The Labute approximate surface area is 403 Å². The Hall–Kier alpha value is -7.34. The van der Waals surface area contributed by atoms with Crippen LogP contribution in [0.5, 0.6) is 0 Å². The zero-order valence-corrected chi connectivity index (χ0v) is 40.7. The third kappa shape index (κ3) is 7.08. The first-order valence-electron chi connectivity index (χ1n) is 23.9. The summed E-state index contributed by atoms with van der Waals surface area (Å²) in [4.78, 5) is 0. The summed E-state index contributed by atoms with van der Waals surface area (Å²) < 4.78 is 35.2. The fraction of sp³-hybridized carbons (Fsp3) is 0.0769. The van der Waals surface area contributed by atoms with E-state index < -0.39 is 14.3 Å². The highest BCUT2D eigenvalue weighted by Crippen LogP contribution is 2.53. The molecule has 0 aliphatic carbocycles. The van der Waals surface area contributed by atoms with E-state index in [0.717, 1.165) is 103 Å². The third-order valence-electron chi connectivity index (χ3n) is 14.9. The van der Waals surface area contributed by atoms with Gasteiger partial charge in [0.25, 0.3) is 0 Å². The van der Waals surface area contributed by atoms with Gasteiger partial charge in [-0.3, -0.25) is 0 Å². The molecule has 0 amide bonds. The average Bonchev–Trinajstić information content (AvgIpc) is 3.41. The molecule has 4 heteroatoms. The molecule has 0 bridgehead atoms. The van der Waals surface area contributed by atoms with Gasteiger partial charge in [0.1, 0.15) is 0 Å². The predicted octanol–water partition coefficient (Wildman–Crippen LogP) is 15.2. The minimum absolute atomic E-state index is 0.0164. The van der Waals surface area contributed by atoms with Crippen LogP contribution in [0.3, 0.4) is 0 Å². The lowest BCUT2D eigenvalue weighted by Crippen LogP contribution is -2.30. The van der Waals surface area contributed by atoms with Crippen molar-refractivity contribution in [3.05, 3.63) is 242 Å². The van der Waals surface area contributed by atoms with E-state index in [1.807, 2.05) is 36.4 Å². The molecule has 0 saturated carbocycles. The fourth-order valence-corrected chi connectivity index (χ4v) is 16.4. The minimum atomic E-state index is -3.79. The number of fused-ring (bicyclic) bond motifs is 6. The highest BCUT2D eigenvalue weighted by atomic mass is 31.2. The first-order chi connectivity index (χ1) is 33.6. The van der Waals surface area contributed by atoms with E-state index in [9.17, 15) is 0 Å². The van der Waals surface area contributed by atoms with E-state index in [-0.39, 0.29) is 5.41 Å².